The van der Waals surface area contributed by atoms with Crippen molar-refractivity contribution < 1.29 is 19.4 Å². The minimum absolute atomic E-state index is 0.0553. The van der Waals surface area contributed by atoms with Crippen LogP contribution < -0.4 is 4.74 Å². The fraction of sp³-hybridized carbons (Fsp3) is 0.562. The van der Waals surface area contributed by atoms with Gasteiger partial charge in [-0.2, -0.15) is 0 Å². The number of hydrogen-bond acceptors (Lipinski definition) is 4. The van der Waals surface area contributed by atoms with Crippen LogP contribution in [-0.2, 0) is 4.74 Å². The summed E-state index contributed by atoms with van der Waals surface area (Å²) in [5.74, 6) is -0.210. The maximum absolute atomic E-state index is 10.9. The van der Waals surface area contributed by atoms with E-state index >= 15 is 0 Å². The Morgan fingerprint density at radius 2 is 2.29 bits per heavy atom. The molecule has 116 valence electrons. The lowest BCUT2D eigenvalue weighted by molar-refractivity contribution is -0.0565. The largest absolute Gasteiger partial charge is 0.491 e. The molecular weight excluding hydrogens is 270 g/mol. The summed E-state index contributed by atoms with van der Waals surface area (Å²) in [6.07, 6.45) is 0.0553. The van der Waals surface area contributed by atoms with Crippen molar-refractivity contribution >= 4 is 5.97 Å². The molecule has 0 aliphatic carbocycles. The fourth-order valence-electron chi connectivity index (χ4n) is 2.44. The van der Waals surface area contributed by atoms with Crippen LogP contribution in [0.25, 0.3) is 0 Å². The summed E-state index contributed by atoms with van der Waals surface area (Å²) < 4.78 is 11.5. The zero-order chi connectivity index (χ0) is 15.4. The molecule has 5 nitrogen and oxygen atoms in total. The minimum Gasteiger partial charge on any atom is -0.491 e. The summed E-state index contributed by atoms with van der Waals surface area (Å²) in [7, 11) is 0. The number of aryl methyl sites for hydroxylation is 1. The van der Waals surface area contributed by atoms with Crippen LogP contribution >= 0.6 is 0 Å². The maximum atomic E-state index is 10.9. The smallest absolute Gasteiger partial charge is 0.335 e. The molecule has 1 unspecified atom stereocenters. The standard InChI is InChI=1S/C16H23NO4/c1-11(2)17-6-7-20-14(9-17)10-21-15-5-4-13(16(18)19)8-12(15)3/h4-5,8,11,14H,6-7,9-10H2,1-3H3,(H,18,19). The fourth-order valence-corrected chi connectivity index (χ4v) is 2.44. The van der Waals surface area contributed by atoms with Gasteiger partial charge < -0.3 is 14.6 Å². The van der Waals surface area contributed by atoms with Crippen molar-refractivity contribution in [3.8, 4) is 5.75 Å². The van der Waals surface area contributed by atoms with E-state index in [0.29, 0.717) is 18.4 Å². The first kappa shape index (κ1) is 15.8. The van der Waals surface area contributed by atoms with Gasteiger partial charge in [-0.1, -0.05) is 0 Å². The quantitative estimate of drug-likeness (QED) is 0.901. The highest BCUT2D eigenvalue weighted by atomic mass is 16.5. The van der Waals surface area contributed by atoms with Crippen LogP contribution in [0.2, 0.25) is 0 Å². The molecule has 0 aromatic heterocycles. The average Bonchev–Trinajstić information content (AvgIpc) is 2.46. The molecule has 1 aromatic rings. The van der Waals surface area contributed by atoms with Crippen molar-refractivity contribution in [3.05, 3.63) is 29.3 Å². The third kappa shape index (κ3) is 4.19. The highest BCUT2D eigenvalue weighted by Crippen LogP contribution is 2.20. The second-order valence-corrected chi connectivity index (χ2v) is 5.68. The maximum Gasteiger partial charge on any atom is 0.335 e. The molecule has 21 heavy (non-hydrogen) atoms. The topological polar surface area (TPSA) is 59.0 Å². The molecule has 5 heteroatoms. The van der Waals surface area contributed by atoms with Crippen LogP contribution in [0.4, 0.5) is 0 Å². The highest BCUT2D eigenvalue weighted by molar-refractivity contribution is 5.88. The van der Waals surface area contributed by atoms with Crippen LogP contribution in [0, 0.1) is 6.92 Å². The summed E-state index contributed by atoms with van der Waals surface area (Å²) in [6.45, 7) is 9.24. The monoisotopic (exact) mass is 293 g/mol. The molecule has 1 N–H and O–H groups in total. The first-order valence-electron chi connectivity index (χ1n) is 7.29. The first-order chi connectivity index (χ1) is 9.97. The van der Waals surface area contributed by atoms with E-state index < -0.39 is 5.97 Å². The molecule has 1 saturated heterocycles. The van der Waals surface area contributed by atoms with Crippen molar-refractivity contribution in [1.82, 2.24) is 4.90 Å². The molecule has 0 spiro atoms. The van der Waals surface area contributed by atoms with Gasteiger partial charge in [-0.3, -0.25) is 4.90 Å². The Balaban J connectivity index is 1.92. The average molecular weight is 293 g/mol. The van der Waals surface area contributed by atoms with Crippen molar-refractivity contribution in [3.63, 3.8) is 0 Å². The van der Waals surface area contributed by atoms with E-state index in [4.69, 9.17) is 14.6 Å². The number of nitrogens with zero attached hydrogens (tertiary/aromatic N) is 1. The number of carbonyl (C=O) groups is 1. The number of aromatic carboxylic acids is 1. The van der Waals surface area contributed by atoms with E-state index in [2.05, 4.69) is 18.7 Å². The molecule has 2 rings (SSSR count). The summed E-state index contributed by atoms with van der Waals surface area (Å²) in [4.78, 5) is 13.3. The Kier molecular flexibility index (Phi) is 5.20. The van der Waals surface area contributed by atoms with Crippen LogP contribution in [-0.4, -0.2) is 54.4 Å². The molecule has 1 aromatic carbocycles. The highest BCUT2D eigenvalue weighted by Gasteiger charge is 2.22. The molecule has 0 amide bonds. The zero-order valence-electron chi connectivity index (χ0n) is 12.8. The number of carboxylic acid groups (broad SMARTS) is 1. The molecule has 1 fully saturated rings. The van der Waals surface area contributed by atoms with Gasteiger partial charge in [0, 0.05) is 19.1 Å². The number of ether oxygens (including phenoxy) is 2. The second-order valence-electron chi connectivity index (χ2n) is 5.68. The summed E-state index contributed by atoms with van der Waals surface area (Å²) >= 11 is 0. The molecule has 1 aliphatic heterocycles. The van der Waals surface area contributed by atoms with Gasteiger partial charge in [0.05, 0.1) is 12.2 Å². The SMILES string of the molecule is Cc1cc(C(=O)O)ccc1OCC1CN(C(C)C)CCO1. The van der Waals surface area contributed by atoms with Gasteiger partial charge in [-0.15, -0.1) is 0 Å². The van der Waals surface area contributed by atoms with Gasteiger partial charge in [0.2, 0.25) is 0 Å². The van der Waals surface area contributed by atoms with E-state index in [0.717, 1.165) is 25.3 Å². The summed E-state index contributed by atoms with van der Waals surface area (Å²) in [5, 5.41) is 8.95. The predicted molar refractivity (Wildman–Crippen MR) is 80.1 cm³/mol. The number of carboxylic acids is 1. The van der Waals surface area contributed by atoms with E-state index in [1.54, 1.807) is 18.2 Å². The summed E-state index contributed by atoms with van der Waals surface area (Å²) in [5.41, 5.74) is 1.10. The molecule has 0 saturated carbocycles. The number of hydrogen-bond donors (Lipinski definition) is 1. The Morgan fingerprint density at radius 3 is 2.90 bits per heavy atom. The van der Waals surface area contributed by atoms with Gasteiger partial charge in [-0.25, -0.2) is 4.79 Å². The Morgan fingerprint density at radius 1 is 1.52 bits per heavy atom. The number of benzene rings is 1. The molecule has 1 aliphatic rings. The third-order valence-corrected chi connectivity index (χ3v) is 3.75. The predicted octanol–water partition coefficient (Wildman–Crippen LogP) is 2.18. The van der Waals surface area contributed by atoms with Gasteiger partial charge >= 0.3 is 5.97 Å². The van der Waals surface area contributed by atoms with Gasteiger partial charge in [0.1, 0.15) is 18.5 Å². The van der Waals surface area contributed by atoms with Gasteiger partial charge in [-0.05, 0) is 44.5 Å². The summed E-state index contributed by atoms with van der Waals surface area (Å²) in [6, 6.07) is 5.40. The number of morpholine rings is 1. The molecule has 0 bridgehead atoms. The van der Waals surface area contributed by atoms with Crippen molar-refractivity contribution in [2.75, 3.05) is 26.3 Å². The molecule has 0 radical (unpaired) electrons. The van der Waals surface area contributed by atoms with E-state index in [-0.39, 0.29) is 11.7 Å². The van der Waals surface area contributed by atoms with E-state index in [1.165, 1.54) is 0 Å². The van der Waals surface area contributed by atoms with Crippen molar-refractivity contribution in [2.24, 2.45) is 0 Å². The lowest BCUT2D eigenvalue weighted by Gasteiger charge is -2.35. The normalized spacial score (nSPS) is 19.7. The first-order valence-corrected chi connectivity index (χ1v) is 7.29. The molecular formula is C16H23NO4. The Bertz CT molecular complexity index is 501. The second kappa shape index (κ2) is 6.91. The van der Waals surface area contributed by atoms with Crippen molar-refractivity contribution in [2.45, 2.75) is 32.9 Å². The van der Waals surface area contributed by atoms with Gasteiger partial charge in [0.15, 0.2) is 0 Å². The third-order valence-electron chi connectivity index (χ3n) is 3.75. The van der Waals surface area contributed by atoms with E-state index in [9.17, 15) is 4.79 Å². The van der Waals surface area contributed by atoms with Gasteiger partial charge in [0.25, 0.3) is 0 Å². The minimum atomic E-state index is -0.923. The van der Waals surface area contributed by atoms with Crippen LogP contribution in [0.15, 0.2) is 18.2 Å². The lowest BCUT2D eigenvalue weighted by Crippen LogP contribution is -2.47. The van der Waals surface area contributed by atoms with Crippen LogP contribution in [0.5, 0.6) is 5.75 Å². The molecule has 1 atom stereocenters. The molecule has 1 heterocycles. The lowest BCUT2D eigenvalue weighted by atomic mass is 10.1. The number of rotatable bonds is 5. The zero-order valence-corrected chi connectivity index (χ0v) is 12.8. The Hall–Kier alpha value is -1.59. The Labute approximate surface area is 125 Å². The van der Waals surface area contributed by atoms with Crippen molar-refractivity contribution in [1.29, 1.82) is 0 Å². The van der Waals surface area contributed by atoms with Crippen LogP contribution in [0.3, 0.4) is 0 Å². The van der Waals surface area contributed by atoms with E-state index in [1.807, 2.05) is 6.92 Å². The van der Waals surface area contributed by atoms with Crippen LogP contribution in [0.1, 0.15) is 29.8 Å².